The minimum Gasteiger partial charge on any atom is -0.389 e. The SMILES string of the molecule is CNC(=O)C1CCCCN1Cc1cccc(C(N)=S)c1. The van der Waals surface area contributed by atoms with E-state index in [9.17, 15) is 4.79 Å². The van der Waals surface area contributed by atoms with E-state index in [1.165, 1.54) is 0 Å². The van der Waals surface area contributed by atoms with Crippen LogP contribution in [-0.2, 0) is 11.3 Å². The van der Waals surface area contributed by atoms with Crippen molar-refractivity contribution < 1.29 is 4.79 Å². The zero-order chi connectivity index (χ0) is 14.5. The summed E-state index contributed by atoms with van der Waals surface area (Å²) in [4.78, 5) is 14.6. The first-order valence-electron chi connectivity index (χ1n) is 6.96. The Balaban J connectivity index is 2.12. The monoisotopic (exact) mass is 291 g/mol. The molecule has 0 saturated carbocycles. The largest absolute Gasteiger partial charge is 0.389 e. The molecule has 108 valence electrons. The van der Waals surface area contributed by atoms with Gasteiger partial charge in [-0.1, -0.05) is 36.8 Å². The summed E-state index contributed by atoms with van der Waals surface area (Å²) < 4.78 is 0. The number of hydrogen-bond acceptors (Lipinski definition) is 3. The molecule has 1 aliphatic heterocycles. The zero-order valence-electron chi connectivity index (χ0n) is 11.8. The summed E-state index contributed by atoms with van der Waals surface area (Å²) in [5.74, 6) is 0.107. The molecule has 4 nitrogen and oxygen atoms in total. The van der Waals surface area contributed by atoms with Gasteiger partial charge in [0.05, 0.1) is 6.04 Å². The number of nitrogens with zero attached hydrogens (tertiary/aromatic N) is 1. The number of benzene rings is 1. The maximum absolute atomic E-state index is 11.9. The van der Waals surface area contributed by atoms with Gasteiger partial charge in [0.1, 0.15) is 4.99 Å². The Kier molecular flexibility index (Phi) is 5.09. The predicted molar refractivity (Wildman–Crippen MR) is 84.4 cm³/mol. The third-order valence-corrected chi connectivity index (χ3v) is 4.00. The van der Waals surface area contributed by atoms with Gasteiger partial charge in [-0.2, -0.15) is 0 Å². The van der Waals surface area contributed by atoms with Crippen molar-refractivity contribution in [1.29, 1.82) is 0 Å². The van der Waals surface area contributed by atoms with Crippen LogP contribution in [0, 0.1) is 0 Å². The molecule has 1 heterocycles. The summed E-state index contributed by atoms with van der Waals surface area (Å²) >= 11 is 5.01. The second-order valence-electron chi connectivity index (χ2n) is 5.16. The van der Waals surface area contributed by atoms with E-state index >= 15 is 0 Å². The van der Waals surface area contributed by atoms with E-state index in [1.54, 1.807) is 7.05 Å². The maximum atomic E-state index is 11.9. The Labute approximate surface area is 125 Å². The number of nitrogens with two attached hydrogens (primary N) is 1. The highest BCUT2D eigenvalue weighted by Gasteiger charge is 2.27. The summed E-state index contributed by atoms with van der Waals surface area (Å²) in [5, 5.41) is 2.76. The summed E-state index contributed by atoms with van der Waals surface area (Å²) in [6.07, 6.45) is 3.18. The number of rotatable bonds is 4. The molecule has 1 atom stereocenters. The number of likely N-dealkylation sites (N-methyl/N-ethyl adjacent to an activating group) is 1. The number of hydrogen-bond donors (Lipinski definition) is 2. The molecule has 0 aromatic heterocycles. The molecule has 1 aromatic rings. The Morgan fingerprint density at radius 3 is 3.00 bits per heavy atom. The standard InChI is InChI=1S/C15H21N3OS/c1-17-15(19)13-7-2-3-8-18(13)10-11-5-4-6-12(9-11)14(16)20/h4-6,9,13H,2-3,7-8,10H2,1H3,(H2,16,20)(H,17,19). The lowest BCUT2D eigenvalue weighted by Gasteiger charge is -2.34. The molecule has 3 N–H and O–H groups in total. The van der Waals surface area contributed by atoms with Gasteiger partial charge in [-0.3, -0.25) is 9.69 Å². The summed E-state index contributed by atoms with van der Waals surface area (Å²) in [6, 6.07) is 7.91. The first-order chi connectivity index (χ1) is 9.61. The third-order valence-electron chi connectivity index (χ3n) is 3.76. The van der Waals surface area contributed by atoms with Gasteiger partial charge in [0, 0.05) is 19.2 Å². The van der Waals surface area contributed by atoms with E-state index < -0.39 is 0 Å². The second kappa shape index (κ2) is 6.81. The molecule has 0 radical (unpaired) electrons. The van der Waals surface area contributed by atoms with Crippen LogP contribution in [0.25, 0.3) is 0 Å². The topological polar surface area (TPSA) is 58.4 Å². The molecule has 0 spiro atoms. The molecule has 1 unspecified atom stereocenters. The molecule has 0 bridgehead atoms. The van der Waals surface area contributed by atoms with Gasteiger partial charge in [-0.15, -0.1) is 0 Å². The highest BCUT2D eigenvalue weighted by Crippen LogP contribution is 2.20. The van der Waals surface area contributed by atoms with Crippen LogP contribution < -0.4 is 11.1 Å². The number of likely N-dealkylation sites (tertiary alicyclic amines) is 1. The summed E-state index contributed by atoms with van der Waals surface area (Å²) in [5.41, 5.74) is 7.69. The van der Waals surface area contributed by atoms with E-state index in [0.29, 0.717) is 4.99 Å². The lowest BCUT2D eigenvalue weighted by molar-refractivity contribution is -0.127. The van der Waals surface area contributed by atoms with Crippen molar-refractivity contribution in [3.63, 3.8) is 0 Å². The van der Waals surface area contributed by atoms with Crippen LogP contribution in [0.4, 0.5) is 0 Å². The first kappa shape index (κ1) is 14.9. The second-order valence-corrected chi connectivity index (χ2v) is 5.60. The van der Waals surface area contributed by atoms with Gasteiger partial charge in [0.25, 0.3) is 0 Å². The molecule has 20 heavy (non-hydrogen) atoms. The average Bonchev–Trinajstić information content (AvgIpc) is 2.47. The van der Waals surface area contributed by atoms with Crippen LogP contribution in [0.2, 0.25) is 0 Å². The third kappa shape index (κ3) is 3.55. The lowest BCUT2D eigenvalue weighted by Crippen LogP contribution is -2.48. The van der Waals surface area contributed by atoms with Crippen molar-refractivity contribution in [3.8, 4) is 0 Å². The molecule has 1 fully saturated rings. The van der Waals surface area contributed by atoms with Gasteiger partial charge in [-0.05, 0) is 31.0 Å². The van der Waals surface area contributed by atoms with Gasteiger partial charge >= 0.3 is 0 Å². The number of amides is 1. The van der Waals surface area contributed by atoms with E-state index in [0.717, 1.165) is 43.5 Å². The summed E-state index contributed by atoms with van der Waals surface area (Å²) in [7, 11) is 1.70. The van der Waals surface area contributed by atoms with Gasteiger partial charge in [0.15, 0.2) is 0 Å². The van der Waals surface area contributed by atoms with E-state index in [1.807, 2.05) is 18.2 Å². The molecule has 1 saturated heterocycles. The highest BCUT2D eigenvalue weighted by molar-refractivity contribution is 7.80. The fraction of sp³-hybridized carbons (Fsp3) is 0.467. The zero-order valence-corrected chi connectivity index (χ0v) is 12.6. The fourth-order valence-corrected chi connectivity index (χ4v) is 2.83. The fourth-order valence-electron chi connectivity index (χ4n) is 2.70. The van der Waals surface area contributed by atoms with Crippen molar-refractivity contribution in [1.82, 2.24) is 10.2 Å². The molecule has 1 amide bonds. The number of thiocarbonyl (C=S) groups is 1. The molecule has 2 rings (SSSR count). The first-order valence-corrected chi connectivity index (χ1v) is 7.37. The van der Waals surface area contributed by atoms with E-state index in [-0.39, 0.29) is 11.9 Å². The minimum absolute atomic E-state index is 0.0257. The molecular formula is C15H21N3OS. The smallest absolute Gasteiger partial charge is 0.237 e. The number of piperidine rings is 1. The van der Waals surface area contributed by atoms with Gasteiger partial charge in [0.2, 0.25) is 5.91 Å². The maximum Gasteiger partial charge on any atom is 0.237 e. The molecule has 0 aliphatic carbocycles. The molecule has 1 aliphatic rings. The van der Waals surface area contributed by atoms with Gasteiger partial charge in [-0.25, -0.2) is 0 Å². The highest BCUT2D eigenvalue weighted by atomic mass is 32.1. The minimum atomic E-state index is -0.0257. The van der Waals surface area contributed by atoms with Crippen molar-refractivity contribution in [2.24, 2.45) is 5.73 Å². The normalized spacial score (nSPS) is 19.6. The lowest BCUT2D eigenvalue weighted by atomic mass is 10.00. The van der Waals surface area contributed by atoms with Crippen molar-refractivity contribution in [2.45, 2.75) is 31.8 Å². The number of carbonyl (C=O) groups is 1. The summed E-state index contributed by atoms with van der Waals surface area (Å²) in [6.45, 7) is 1.71. The number of carbonyl (C=O) groups excluding carboxylic acids is 1. The van der Waals surface area contributed by atoms with Crippen LogP contribution in [0.15, 0.2) is 24.3 Å². The van der Waals surface area contributed by atoms with Crippen LogP contribution in [0.5, 0.6) is 0 Å². The van der Waals surface area contributed by atoms with Crippen LogP contribution >= 0.6 is 12.2 Å². The predicted octanol–water partition coefficient (Wildman–Crippen LogP) is 1.42. The van der Waals surface area contributed by atoms with Crippen LogP contribution in [-0.4, -0.2) is 35.4 Å². The van der Waals surface area contributed by atoms with Crippen molar-refractivity contribution >= 4 is 23.1 Å². The van der Waals surface area contributed by atoms with Crippen molar-refractivity contribution in [2.75, 3.05) is 13.6 Å². The molecule has 1 aromatic carbocycles. The number of nitrogens with one attached hydrogen (secondary N) is 1. The Bertz CT molecular complexity index is 504. The Hall–Kier alpha value is -1.46. The van der Waals surface area contributed by atoms with Crippen LogP contribution in [0.3, 0.4) is 0 Å². The van der Waals surface area contributed by atoms with E-state index in [2.05, 4.69) is 16.3 Å². The van der Waals surface area contributed by atoms with Crippen molar-refractivity contribution in [3.05, 3.63) is 35.4 Å². The average molecular weight is 291 g/mol. The van der Waals surface area contributed by atoms with Crippen LogP contribution in [0.1, 0.15) is 30.4 Å². The molecular weight excluding hydrogens is 270 g/mol. The molecule has 5 heteroatoms. The van der Waals surface area contributed by atoms with E-state index in [4.69, 9.17) is 18.0 Å². The quantitative estimate of drug-likeness (QED) is 0.824. The Morgan fingerprint density at radius 2 is 2.30 bits per heavy atom. The Morgan fingerprint density at radius 1 is 1.50 bits per heavy atom. The van der Waals surface area contributed by atoms with Gasteiger partial charge < -0.3 is 11.1 Å².